The average molecular weight is 211 g/mol. The van der Waals surface area contributed by atoms with Gasteiger partial charge in [-0.3, -0.25) is 0 Å². The van der Waals surface area contributed by atoms with Crippen LogP contribution in [0.5, 0.6) is 0 Å². The molecule has 0 saturated carbocycles. The summed E-state index contributed by atoms with van der Waals surface area (Å²) in [6.07, 6.45) is -0.656. The molecule has 0 heterocycles. The molecular weight excluding hydrogens is 193 g/mol. The number of hydrogen-bond acceptors (Lipinski definition) is 2. The third-order valence-electron chi connectivity index (χ3n) is 2.60. The van der Waals surface area contributed by atoms with Crippen LogP contribution in [0.3, 0.4) is 0 Å². The monoisotopic (exact) mass is 211 g/mol. The van der Waals surface area contributed by atoms with E-state index in [1.165, 1.54) is 6.07 Å². The maximum absolute atomic E-state index is 13.7. The molecule has 2 nitrogen and oxygen atoms in total. The van der Waals surface area contributed by atoms with Crippen LogP contribution in [0, 0.1) is 5.82 Å². The molecule has 1 atom stereocenters. The van der Waals surface area contributed by atoms with Crippen molar-refractivity contribution in [3.8, 4) is 0 Å². The number of aliphatic hydroxyl groups is 1. The molecule has 0 radical (unpaired) electrons. The third kappa shape index (κ3) is 2.48. The first-order valence-corrected chi connectivity index (χ1v) is 5.14. The van der Waals surface area contributed by atoms with Gasteiger partial charge in [-0.1, -0.05) is 12.1 Å². The molecule has 0 aliphatic rings. The molecule has 1 rings (SSSR count). The van der Waals surface area contributed by atoms with E-state index in [4.69, 9.17) is 0 Å². The third-order valence-corrected chi connectivity index (χ3v) is 2.60. The quantitative estimate of drug-likeness (QED) is 0.831. The van der Waals surface area contributed by atoms with Crippen LogP contribution in [0.25, 0.3) is 0 Å². The van der Waals surface area contributed by atoms with Crippen molar-refractivity contribution in [1.82, 2.24) is 0 Å². The highest BCUT2D eigenvalue weighted by atomic mass is 19.1. The minimum absolute atomic E-state index is 0.194. The summed E-state index contributed by atoms with van der Waals surface area (Å²) in [5.41, 5.74) is 1.12. The molecule has 1 N–H and O–H groups in total. The number of hydrogen-bond donors (Lipinski definition) is 1. The molecule has 0 amide bonds. The molecule has 0 fully saturated rings. The molecular formula is C12H18FNO. The Labute approximate surface area is 90.3 Å². The Bertz CT molecular complexity index is 336. The van der Waals surface area contributed by atoms with Gasteiger partial charge in [-0.25, -0.2) is 4.39 Å². The number of rotatable bonds is 3. The van der Waals surface area contributed by atoms with Gasteiger partial charge in [0.15, 0.2) is 0 Å². The van der Waals surface area contributed by atoms with Crippen molar-refractivity contribution < 1.29 is 9.50 Å². The van der Waals surface area contributed by atoms with Gasteiger partial charge in [-0.05, 0) is 26.8 Å². The Morgan fingerprint density at radius 2 is 1.87 bits per heavy atom. The maximum Gasteiger partial charge on any atom is 0.146 e. The lowest BCUT2D eigenvalue weighted by Gasteiger charge is -2.27. The summed E-state index contributed by atoms with van der Waals surface area (Å²) in [6, 6.07) is 4.98. The zero-order valence-corrected chi connectivity index (χ0v) is 9.66. The predicted molar refractivity (Wildman–Crippen MR) is 60.6 cm³/mol. The molecule has 0 saturated heterocycles. The van der Waals surface area contributed by atoms with E-state index in [0.29, 0.717) is 11.3 Å². The van der Waals surface area contributed by atoms with Gasteiger partial charge in [0.25, 0.3) is 0 Å². The highest BCUT2D eigenvalue weighted by molar-refractivity contribution is 5.55. The second-order valence-electron chi connectivity index (χ2n) is 4.06. The normalized spacial score (nSPS) is 13.0. The second-order valence-corrected chi connectivity index (χ2v) is 4.06. The lowest BCUT2D eigenvalue weighted by atomic mass is 10.1. The first kappa shape index (κ1) is 12.0. The van der Waals surface area contributed by atoms with Crippen LogP contribution >= 0.6 is 0 Å². The van der Waals surface area contributed by atoms with E-state index in [0.717, 1.165) is 0 Å². The van der Waals surface area contributed by atoms with Crippen molar-refractivity contribution in [2.24, 2.45) is 0 Å². The van der Waals surface area contributed by atoms with Crippen LogP contribution in [-0.2, 0) is 0 Å². The Morgan fingerprint density at radius 3 is 2.33 bits per heavy atom. The maximum atomic E-state index is 13.7. The van der Waals surface area contributed by atoms with Crippen LogP contribution in [0.4, 0.5) is 10.1 Å². The number of halogens is 1. The molecule has 1 aromatic rings. The molecule has 0 spiro atoms. The summed E-state index contributed by atoms with van der Waals surface area (Å²) in [5.74, 6) is -0.287. The topological polar surface area (TPSA) is 23.5 Å². The first-order chi connectivity index (χ1) is 6.95. The van der Waals surface area contributed by atoms with Crippen molar-refractivity contribution >= 4 is 5.69 Å². The Morgan fingerprint density at radius 1 is 1.27 bits per heavy atom. The van der Waals surface area contributed by atoms with Crippen LogP contribution in [0.15, 0.2) is 18.2 Å². The molecule has 84 valence electrons. The lowest BCUT2D eigenvalue weighted by Crippen LogP contribution is -2.28. The van der Waals surface area contributed by atoms with Gasteiger partial charge < -0.3 is 10.0 Å². The molecule has 15 heavy (non-hydrogen) atoms. The molecule has 1 unspecified atom stereocenters. The zero-order chi connectivity index (χ0) is 11.6. The van der Waals surface area contributed by atoms with Crippen molar-refractivity contribution in [3.63, 3.8) is 0 Å². The summed E-state index contributed by atoms with van der Waals surface area (Å²) in [5, 5.41) is 9.57. The summed E-state index contributed by atoms with van der Waals surface area (Å²) in [4.78, 5) is 1.83. The van der Waals surface area contributed by atoms with Crippen LogP contribution in [0.1, 0.15) is 32.4 Å². The van der Waals surface area contributed by atoms with Gasteiger partial charge in [0.1, 0.15) is 5.82 Å². The Kier molecular flexibility index (Phi) is 3.69. The molecule has 0 aliphatic heterocycles. The van der Waals surface area contributed by atoms with Crippen molar-refractivity contribution in [2.75, 3.05) is 11.9 Å². The predicted octanol–water partition coefficient (Wildman–Crippen LogP) is 2.72. The minimum Gasteiger partial charge on any atom is -0.389 e. The summed E-state index contributed by atoms with van der Waals surface area (Å²) in [6.45, 7) is 5.61. The van der Waals surface area contributed by atoms with Crippen LogP contribution in [-0.4, -0.2) is 18.2 Å². The number of nitrogens with zero attached hydrogens (tertiary/aromatic N) is 1. The molecule has 1 aromatic carbocycles. The van der Waals surface area contributed by atoms with Crippen molar-refractivity contribution in [3.05, 3.63) is 29.6 Å². The fourth-order valence-corrected chi connectivity index (χ4v) is 1.50. The standard InChI is InChI=1S/C12H18FNO/c1-8(2)14(4)12-10(9(3)15)6-5-7-11(12)13/h5-9,15H,1-4H3. The molecule has 0 aromatic heterocycles. The fraction of sp³-hybridized carbons (Fsp3) is 0.500. The number of anilines is 1. The smallest absolute Gasteiger partial charge is 0.146 e. The van der Waals surface area contributed by atoms with E-state index in [1.807, 2.05) is 25.8 Å². The average Bonchev–Trinajstić information content (AvgIpc) is 2.16. The number of aliphatic hydroxyl groups excluding tert-OH is 1. The summed E-state index contributed by atoms with van der Waals surface area (Å²) in [7, 11) is 1.83. The van der Waals surface area contributed by atoms with E-state index in [9.17, 15) is 9.50 Å². The van der Waals surface area contributed by atoms with Crippen molar-refractivity contribution in [1.29, 1.82) is 0 Å². The van der Waals surface area contributed by atoms with Gasteiger partial charge in [0.2, 0.25) is 0 Å². The summed E-state index contributed by atoms with van der Waals surface area (Å²) < 4.78 is 13.7. The van der Waals surface area contributed by atoms with E-state index < -0.39 is 6.10 Å². The largest absolute Gasteiger partial charge is 0.389 e. The Hall–Kier alpha value is -1.09. The highest BCUT2D eigenvalue weighted by Gasteiger charge is 2.17. The highest BCUT2D eigenvalue weighted by Crippen LogP contribution is 2.29. The number of para-hydroxylation sites is 1. The Balaban J connectivity index is 3.24. The zero-order valence-electron chi connectivity index (χ0n) is 9.66. The van der Waals surface area contributed by atoms with Crippen LogP contribution < -0.4 is 4.90 Å². The number of benzene rings is 1. The van der Waals surface area contributed by atoms with Crippen molar-refractivity contribution in [2.45, 2.75) is 32.9 Å². The van der Waals surface area contributed by atoms with E-state index in [2.05, 4.69) is 0 Å². The lowest BCUT2D eigenvalue weighted by molar-refractivity contribution is 0.199. The summed E-state index contributed by atoms with van der Waals surface area (Å²) >= 11 is 0. The van der Waals surface area contributed by atoms with Gasteiger partial charge in [0, 0.05) is 18.7 Å². The SMILES string of the molecule is CC(O)c1cccc(F)c1N(C)C(C)C. The second kappa shape index (κ2) is 4.62. The minimum atomic E-state index is -0.656. The van der Waals surface area contributed by atoms with E-state index >= 15 is 0 Å². The van der Waals surface area contributed by atoms with Gasteiger partial charge in [-0.15, -0.1) is 0 Å². The first-order valence-electron chi connectivity index (χ1n) is 5.14. The molecule has 0 bridgehead atoms. The molecule has 3 heteroatoms. The van der Waals surface area contributed by atoms with E-state index in [-0.39, 0.29) is 11.9 Å². The fourth-order valence-electron chi connectivity index (χ4n) is 1.50. The van der Waals surface area contributed by atoms with Gasteiger partial charge in [0.05, 0.1) is 11.8 Å². The van der Waals surface area contributed by atoms with Crippen LogP contribution in [0.2, 0.25) is 0 Å². The van der Waals surface area contributed by atoms with Gasteiger partial charge >= 0.3 is 0 Å². The van der Waals surface area contributed by atoms with Gasteiger partial charge in [-0.2, -0.15) is 0 Å². The molecule has 0 aliphatic carbocycles. The van der Waals surface area contributed by atoms with E-state index in [1.54, 1.807) is 19.1 Å².